The summed E-state index contributed by atoms with van der Waals surface area (Å²) in [7, 11) is 0. The third kappa shape index (κ3) is 3.54. The smallest absolute Gasteiger partial charge is 0.282 e. The fourth-order valence-corrected chi connectivity index (χ4v) is 2.51. The largest absolute Gasteiger partial charge is 0.393 e. The Balaban J connectivity index is 1.94. The maximum atomic E-state index is 12.0. The minimum Gasteiger partial charge on any atom is -0.393 e. The van der Waals surface area contributed by atoms with E-state index in [0.717, 1.165) is 25.7 Å². The standard InChI is InChI=1S/C14H18N2O4/c17-11-7-5-10(6-8-11)9-15-14(18)12-3-1-2-4-13(12)16(19)20/h1-4,10-11,17H,5-9H2,(H,15,18). The molecule has 0 heterocycles. The van der Waals surface area contributed by atoms with Crippen LogP contribution in [0.5, 0.6) is 0 Å². The summed E-state index contributed by atoms with van der Waals surface area (Å²) in [5, 5.41) is 23.0. The fourth-order valence-electron chi connectivity index (χ4n) is 2.51. The van der Waals surface area contributed by atoms with Gasteiger partial charge >= 0.3 is 0 Å². The van der Waals surface area contributed by atoms with E-state index in [4.69, 9.17) is 0 Å². The molecule has 0 atom stereocenters. The first-order valence-corrected chi connectivity index (χ1v) is 6.77. The van der Waals surface area contributed by atoms with Gasteiger partial charge in [0.2, 0.25) is 0 Å². The van der Waals surface area contributed by atoms with Crippen molar-refractivity contribution in [1.82, 2.24) is 5.32 Å². The molecule has 0 unspecified atom stereocenters. The monoisotopic (exact) mass is 278 g/mol. The van der Waals surface area contributed by atoms with Gasteiger partial charge in [0.25, 0.3) is 11.6 Å². The van der Waals surface area contributed by atoms with Crippen molar-refractivity contribution in [1.29, 1.82) is 0 Å². The van der Waals surface area contributed by atoms with Gasteiger partial charge in [-0.1, -0.05) is 12.1 Å². The highest BCUT2D eigenvalue weighted by molar-refractivity contribution is 5.98. The van der Waals surface area contributed by atoms with E-state index in [9.17, 15) is 20.0 Å². The summed E-state index contributed by atoms with van der Waals surface area (Å²) in [6.07, 6.45) is 3.03. The number of amides is 1. The average molecular weight is 278 g/mol. The Morgan fingerprint density at radius 1 is 1.30 bits per heavy atom. The first kappa shape index (κ1) is 14.5. The van der Waals surface area contributed by atoms with Crippen molar-refractivity contribution >= 4 is 11.6 Å². The normalized spacial score (nSPS) is 22.2. The third-order valence-electron chi connectivity index (χ3n) is 3.71. The Morgan fingerprint density at radius 3 is 2.60 bits per heavy atom. The molecule has 6 nitrogen and oxygen atoms in total. The van der Waals surface area contributed by atoms with E-state index in [1.807, 2.05) is 0 Å². The van der Waals surface area contributed by atoms with Crippen molar-refractivity contribution in [3.8, 4) is 0 Å². The van der Waals surface area contributed by atoms with Crippen LogP contribution in [0.3, 0.4) is 0 Å². The van der Waals surface area contributed by atoms with Crippen molar-refractivity contribution in [2.75, 3.05) is 6.54 Å². The predicted molar refractivity (Wildman–Crippen MR) is 73.4 cm³/mol. The highest BCUT2D eigenvalue weighted by Gasteiger charge is 2.22. The number of hydrogen-bond acceptors (Lipinski definition) is 4. The Hall–Kier alpha value is -1.95. The summed E-state index contributed by atoms with van der Waals surface area (Å²) in [5.41, 5.74) is -0.0857. The van der Waals surface area contributed by atoms with Crippen LogP contribution in [0.2, 0.25) is 0 Å². The molecule has 1 aromatic carbocycles. The van der Waals surface area contributed by atoms with Crippen LogP contribution in [0.15, 0.2) is 24.3 Å². The zero-order valence-corrected chi connectivity index (χ0v) is 11.1. The second kappa shape index (κ2) is 6.47. The van der Waals surface area contributed by atoms with Gasteiger partial charge in [0, 0.05) is 12.6 Å². The van der Waals surface area contributed by atoms with E-state index in [1.54, 1.807) is 6.07 Å². The number of nitrogens with one attached hydrogen (secondary N) is 1. The van der Waals surface area contributed by atoms with Gasteiger partial charge in [-0.05, 0) is 37.7 Å². The molecule has 1 aliphatic carbocycles. The Kier molecular flexibility index (Phi) is 4.68. The van der Waals surface area contributed by atoms with Crippen LogP contribution < -0.4 is 5.32 Å². The van der Waals surface area contributed by atoms with Crippen LogP contribution in [0, 0.1) is 16.0 Å². The number of rotatable bonds is 4. The molecule has 1 saturated carbocycles. The molecule has 20 heavy (non-hydrogen) atoms. The summed E-state index contributed by atoms with van der Waals surface area (Å²) >= 11 is 0. The minimum absolute atomic E-state index is 0.0911. The topological polar surface area (TPSA) is 92.5 Å². The molecule has 0 radical (unpaired) electrons. The molecule has 1 aromatic rings. The van der Waals surface area contributed by atoms with Gasteiger partial charge in [0.15, 0.2) is 0 Å². The lowest BCUT2D eigenvalue weighted by molar-refractivity contribution is -0.385. The molecule has 0 aromatic heterocycles. The number of aliphatic hydroxyl groups excluding tert-OH is 1. The third-order valence-corrected chi connectivity index (χ3v) is 3.71. The Labute approximate surface area is 117 Å². The van der Waals surface area contributed by atoms with Crippen LogP contribution in [0.25, 0.3) is 0 Å². The number of carbonyl (C=O) groups is 1. The van der Waals surface area contributed by atoms with Crippen molar-refractivity contribution < 1.29 is 14.8 Å². The SMILES string of the molecule is O=C(NCC1CCC(O)CC1)c1ccccc1[N+](=O)[O-]. The second-order valence-corrected chi connectivity index (χ2v) is 5.16. The molecule has 2 N–H and O–H groups in total. The van der Waals surface area contributed by atoms with Gasteiger partial charge in [-0.2, -0.15) is 0 Å². The van der Waals surface area contributed by atoms with Gasteiger partial charge in [0.05, 0.1) is 11.0 Å². The number of benzene rings is 1. The lowest BCUT2D eigenvalue weighted by Gasteiger charge is -2.25. The van der Waals surface area contributed by atoms with Crippen molar-refractivity contribution in [2.24, 2.45) is 5.92 Å². The summed E-state index contributed by atoms with van der Waals surface area (Å²) in [6, 6.07) is 5.93. The van der Waals surface area contributed by atoms with Gasteiger partial charge in [-0.3, -0.25) is 14.9 Å². The highest BCUT2D eigenvalue weighted by atomic mass is 16.6. The number of aliphatic hydroxyl groups is 1. The van der Waals surface area contributed by atoms with E-state index in [1.165, 1.54) is 18.2 Å². The number of nitrogens with zero attached hydrogens (tertiary/aromatic N) is 1. The van der Waals surface area contributed by atoms with Crippen LogP contribution in [-0.2, 0) is 0 Å². The number of carbonyl (C=O) groups excluding carboxylic acids is 1. The molecular weight excluding hydrogens is 260 g/mol. The molecule has 108 valence electrons. The molecule has 0 spiro atoms. The maximum Gasteiger partial charge on any atom is 0.282 e. The number of nitro groups is 1. The molecule has 1 fully saturated rings. The van der Waals surface area contributed by atoms with E-state index in [2.05, 4.69) is 5.32 Å². The molecular formula is C14H18N2O4. The first-order chi connectivity index (χ1) is 9.58. The van der Waals surface area contributed by atoms with E-state index in [0.29, 0.717) is 12.5 Å². The second-order valence-electron chi connectivity index (χ2n) is 5.16. The van der Waals surface area contributed by atoms with Crippen LogP contribution in [0.4, 0.5) is 5.69 Å². The number of nitro benzene ring substituents is 1. The quantitative estimate of drug-likeness (QED) is 0.649. The van der Waals surface area contributed by atoms with Crippen molar-refractivity contribution in [3.63, 3.8) is 0 Å². The lowest BCUT2D eigenvalue weighted by atomic mass is 9.87. The molecule has 1 amide bonds. The molecule has 1 aliphatic rings. The zero-order chi connectivity index (χ0) is 14.5. The molecule has 6 heteroatoms. The highest BCUT2D eigenvalue weighted by Crippen LogP contribution is 2.24. The summed E-state index contributed by atoms with van der Waals surface area (Å²) in [4.78, 5) is 22.3. The van der Waals surface area contributed by atoms with E-state index >= 15 is 0 Å². The molecule has 2 rings (SSSR count). The summed E-state index contributed by atoms with van der Waals surface area (Å²) in [5.74, 6) is -0.0754. The molecule has 0 bridgehead atoms. The van der Waals surface area contributed by atoms with Crippen LogP contribution in [0.1, 0.15) is 36.0 Å². The van der Waals surface area contributed by atoms with Gasteiger partial charge in [0.1, 0.15) is 5.56 Å². The fraction of sp³-hybridized carbons (Fsp3) is 0.500. The van der Waals surface area contributed by atoms with Gasteiger partial charge in [-0.15, -0.1) is 0 Å². The maximum absolute atomic E-state index is 12.0. The van der Waals surface area contributed by atoms with Crippen molar-refractivity contribution in [2.45, 2.75) is 31.8 Å². The predicted octanol–water partition coefficient (Wildman–Crippen LogP) is 1.88. The Bertz CT molecular complexity index is 496. The van der Waals surface area contributed by atoms with Gasteiger partial charge in [-0.25, -0.2) is 0 Å². The number of hydrogen-bond donors (Lipinski definition) is 2. The summed E-state index contributed by atoms with van der Waals surface area (Å²) in [6.45, 7) is 0.498. The van der Waals surface area contributed by atoms with E-state index in [-0.39, 0.29) is 17.4 Å². The van der Waals surface area contributed by atoms with E-state index < -0.39 is 10.8 Å². The average Bonchev–Trinajstić information content (AvgIpc) is 2.46. The van der Waals surface area contributed by atoms with Crippen molar-refractivity contribution in [3.05, 3.63) is 39.9 Å². The summed E-state index contributed by atoms with van der Waals surface area (Å²) < 4.78 is 0. The lowest BCUT2D eigenvalue weighted by Crippen LogP contribution is -2.32. The van der Waals surface area contributed by atoms with Gasteiger partial charge < -0.3 is 10.4 Å². The first-order valence-electron chi connectivity index (χ1n) is 6.77. The minimum atomic E-state index is -0.550. The molecule has 0 saturated heterocycles. The number of para-hydroxylation sites is 1. The van der Waals surface area contributed by atoms with Crippen LogP contribution >= 0.6 is 0 Å². The molecule has 0 aliphatic heterocycles. The Morgan fingerprint density at radius 2 is 1.95 bits per heavy atom. The van der Waals surface area contributed by atoms with Crippen LogP contribution in [-0.4, -0.2) is 28.6 Å². The zero-order valence-electron chi connectivity index (χ0n) is 11.1.